The van der Waals surface area contributed by atoms with Crippen LogP contribution in [0.15, 0.2) is 66.7 Å². The Balaban J connectivity index is 1.71. The maximum absolute atomic E-state index is 11.2. The van der Waals surface area contributed by atoms with Crippen molar-refractivity contribution in [3.63, 3.8) is 0 Å². The molecule has 2 N–H and O–H groups in total. The van der Waals surface area contributed by atoms with Crippen LogP contribution in [0.1, 0.15) is 28.4 Å². The summed E-state index contributed by atoms with van der Waals surface area (Å²) < 4.78 is 11.7. The van der Waals surface area contributed by atoms with E-state index >= 15 is 0 Å². The molecule has 0 atom stereocenters. The number of rotatable bonds is 9. The van der Waals surface area contributed by atoms with Gasteiger partial charge in [-0.15, -0.1) is 0 Å². The SMILES string of the molecule is CCOc1cc(CNc2cc(C(=O)O)ccc2Cl)ccc1OCc1ccccc1. The van der Waals surface area contributed by atoms with Crippen molar-refractivity contribution >= 4 is 23.3 Å². The van der Waals surface area contributed by atoms with Gasteiger partial charge < -0.3 is 19.9 Å². The molecule has 0 fully saturated rings. The number of carboxylic acids is 1. The average Bonchev–Trinajstić information content (AvgIpc) is 2.73. The fourth-order valence-electron chi connectivity index (χ4n) is 2.78. The van der Waals surface area contributed by atoms with E-state index in [0.29, 0.717) is 42.0 Å². The van der Waals surface area contributed by atoms with E-state index in [-0.39, 0.29) is 5.56 Å². The van der Waals surface area contributed by atoms with Gasteiger partial charge in [-0.1, -0.05) is 48.0 Å². The molecule has 0 radical (unpaired) electrons. The van der Waals surface area contributed by atoms with Gasteiger partial charge in [-0.25, -0.2) is 4.79 Å². The summed E-state index contributed by atoms with van der Waals surface area (Å²) in [5.74, 6) is 0.335. The lowest BCUT2D eigenvalue weighted by atomic mass is 10.1. The molecule has 150 valence electrons. The summed E-state index contributed by atoms with van der Waals surface area (Å²) in [4.78, 5) is 11.2. The molecular formula is C23H22ClNO4. The number of carboxylic acid groups (broad SMARTS) is 1. The number of anilines is 1. The van der Waals surface area contributed by atoms with Gasteiger partial charge in [0.2, 0.25) is 0 Å². The first-order chi connectivity index (χ1) is 14.1. The maximum atomic E-state index is 11.2. The average molecular weight is 412 g/mol. The lowest BCUT2D eigenvalue weighted by Crippen LogP contribution is -2.04. The molecule has 3 rings (SSSR count). The van der Waals surface area contributed by atoms with E-state index in [1.165, 1.54) is 12.1 Å². The first kappa shape index (κ1) is 20.6. The van der Waals surface area contributed by atoms with Gasteiger partial charge in [0.05, 0.1) is 22.9 Å². The van der Waals surface area contributed by atoms with Crippen LogP contribution in [0.4, 0.5) is 5.69 Å². The highest BCUT2D eigenvalue weighted by molar-refractivity contribution is 6.33. The molecule has 0 amide bonds. The van der Waals surface area contributed by atoms with Crippen LogP contribution < -0.4 is 14.8 Å². The molecule has 0 spiro atoms. The van der Waals surface area contributed by atoms with Crippen molar-refractivity contribution in [1.29, 1.82) is 0 Å². The van der Waals surface area contributed by atoms with Crippen molar-refractivity contribution in [2.24, 2.45) is 0 Å². The van der Waals surface area contributed by atoms with Crippen molar-refractivity contribution in [3.05, 3.63) is 88.4 Å². The topological polar surface area (TPSA) is 67.8 Å². The molecule has 0 saturated heterocycles. The molecule has 3 aromatic rings. The molecule has 0 aliphatic carbocycles. The Morgan fingerprint density at radius 3 is 2.48 bits per heavy atom. The lowest BCUT2D eigenvalue weighted by Gasteiger charge is -2.15. The van der Waals surface area contributed by atoms with E-state index in [2.05, 4.69) is 5.32 Å². The van der Waals surface area contributed by atoms with Crippen LogP contribution in [-0.4, -0.2) is 17.7 Å². The Morgan fingerprint density at radius 2 is 1.76 bits per heavy atom. The number of carbonyl (C=O) groups is 1. The number of aromatic carboxylic acids is 1. The minimum Gasteiger partial charge on any atom is -0.490 e. The summed E-state index contributed by atoms with van der Waals surface area (Å²) in [7, 11) is 0. The molecule has 0 unspecified atom stereocenters. The summed E-state index contributed by atoms with van der Waals surface area (Å²) in [6.07, 6.45) is 0. The van der Waals surface area contributed by atoms with Crippen LogP contribution in [0, 0.1) is 0 Å². The summed E-state index contributed by atoms with van der Waals surface area (Å²) in [6.45, 7) is 3.35. The Labute approximate surface area is 174 Å². The molecule has 6 heteroatoms. The molecule has 29 heavy (non-hydrogen) atoms. The van der Waals surface area contributed by atoms with E-state index in [9.17, 15) is 4.79 Å². The summed E-state index contributed by atoms with van der Waals surface area (Å²) in [5, 5.41) is 12.8. The van der Waals surface area contributed by atoms with Gasteiger partial charge in [-0.05, 0) is 48.4 Å². The molecule has 0 saturated carbocycles. The Kier molecular flexibility index (Phi) is 6.98. The number of ether oxygens (including phenoxy) is 2. The molecule has 0 aliphatic rings. The Hall–Kier alpha value is -3.18. The Bertz CT molecular complexity index is 976. The predicted octanol–water partition coefficient (Wildman–Crippen LogP) is 5.63. The molecule has 5 nitrogen and oxygen atoms in total. The highest BCUT2D eigenvalue weighted by Crippen LogP contribution is 2.30. The van der Waals surface area contributed by atoms with Crippen molar-refractivity contribution < 1.29 is 19.4 Å². The van der Waals surface area contributed by atoms with Crippen molar-refractivity contribution in [2.75, 3.05) is 11.9 Å². The number of benzene rings is 3. The van der Waals surface area contributed by atoms with E-state index < -0.39 is 5.97 Å². The van der Waals surface area contributed by atoms with E-state index in [1.54, 1.807) is 6.07 Å². The van der Waals surface area contributed by atoms with Crippen LogP contribution in [0.25, 0.3) is 0 Å². The zero-order valence-electron chi connectivity index (χ0n) is 16.0. The molecule has 0 aliphatic heterocycles. The van der Waals surface area contributed by atoms with Gasteiger partial charge in [0.25, 0.3) is 0 Å². The predicted molar refractivity (Wildman–Crippen MR) is 114 cm³/mol. The first-order valence-corrected chi connectivity index (χ1v) is 9.63. The Morgan fingerprint density at radius 1 is 0.966 bits per heavy atom. The standard InChI is InChI=1S/C23H22ClNO4/c1-2-28-22-12-17(8-11-21(22)29-15-16-6-4-3-5-7-16)14-25-20-13-18(23(26)27)9-10-19(20)24/h3-13,25H,2,14-15H2,1H3,(H,26,27). The van der Waals surface area contributed by atoms with E-state index in [4.69, 9.17) is 26.2 Å². The summed E-state index contributed by atoms with van der Waals surface area (Å²) >= 11 is 6.17. The van der Waals surface area contributed by atoms with Gasteiger partial charge in [-0.2, -0.15) is 0 Å². The third-order valence-electron chi connectivity index (χ3n) is 4.24. The minimum atomic E-state index is -0.997. The zero-order valence-corrected chi connectivity index (χ0v) is 16.8. The number of hydrogen-bond acceptors (Lipinski definition) is 4. The van der Waals surface area contributed by atoms with Gasteiger partial charge in [-0.3, -0.25) is 0 Å². The van der Waals surface area contributed by atoms with Crippen LogP contribution in [0.2, 0.25) is 5.02 Å². The quantitative estimate of drug-likeness (QED) is 0.477. The summed E-state index contributed by atoms with van der Waals surface area (Å²) in [6, 6.07) is 20.2. The normalized spacial score (nSPS) is 10.4. The third kappa shape index (κ3) is 5.65. The maximum Gasteiger partial charge on any atom is 0.335 e. The monoisotopic (exact) mass is 411 g/mol. The minimum absolute atomic E-state index is 0.177. The van der Waals surface area contributed by atoms with Gasteiger partial charge in [0.1, 0.15) is 6.61 Å². The molecular weight excluding hydrogens is 390 g/mol. The third-order valence-corrected chi connectivity index (χ3v) is 4.57. The van der Waals surface area contributed by atoms with E-state index in [1.807, 2.05) is 55.5 Å². The van der Waals surface area contributed by atoms with Gasteiger partial charge in [0.15, 0.2) is 11.5 Å². The number of nitrogens with one attached hydrogen (secondary N) is 1. The fourth-order valence-corrected chi connectivity index (χ4v) is 2.96. The van der Waals surface area contributed by atoms with Crippen molar-refractivity contribution in [1.82, 2.24) is 0 Å². The molecule has 3 aromatic carbocycles. The first-order valence-electron chi connectivity index (χ1n) is 9.26. The van der Waals surface area contributed by atoms with Crippen LogP contribution in [0.5, 0.6) is 11.5 Å². The van der Waals surface area contributed by atoms with Gasteiger partial charge >= 0.3 is 5.97 Å². The summed E-state index contributed by atoms with van der Waals surface area (Å²) in [5.41, 5.74) is 2.77. The molecule has 0 aromatic heterocycles. The van der Waals surface area contributed by atoms with E-state index in [0.717, 1.165) is 11.1 Å². The smallest absolute Gasteiger partial charge is 0.335 e. The van der Waals surface area contributed by atoms with Crippen molar-refractivity contribution in [3.8, 4) is 11.5 Å². The van der Waals surface area contributed by atoms with Crippen LogP contribution in [-0.2, 0) is 13.2 Å². The number of halogens is 1. The van der Waals surface area contributed by atoms with Crippen LogP contribution in [0.3, 0.4) is 0 Å². The number of hydrogen-bond donors (Lipinski definition) is 2. The van der Waals surface area contributed by atoms with Crippen LogP contribution >= 0.6 is 11.6 Å². The van der Waals surface area contributed by atoms with Gasteiger partial charge in [0, 0.05) is 6.54 Å². The fraction of sp³-hybridized carbons (Fsp3) is 0.174. The highest BCUT2D eigenvalue weighted by atomic mass is 35.5. The largest absolute Gasteiger partial charge is 0.490 e. The lowest BCUT2D eigenvalue weighted by molar-refractivity contribution is 0.0697. The highest BCUT2D eigenvalue weighted by Gasteiger charge is 2.10. The second-order valence-electron chi connectivity index (χ2n) is 6.34. The second kappa shape index (κ2) is 9.85. The zero-order chi connectivity index (χ0) is 20.6. The second-order valence-corrected chi connectivity index (χ2v) is 6.75. The van der Waals surface area contributed by atoms with Crippen molar-refractivity contribution in [2.45, 2.75) is 20.1 Å². The molecule has 0 heterocycles. The molecule has 0 bridgehead atoms.